The maximum absolute atomic E-state index is 4.79. The Morgan fingerprint density at radius 1 is 1.17 bits per heavy atom. The first kappa shape index (κ1) is 22.5. The molecule has 1 N–H and O–H groups in total. The third-order valence-electron chi connectivity index (χ3n) is 4.97. The maximum atomic E-state index is 4.79. The number of aryl methyl sites for hydroxylation is 1. The Morgan fingerprint density at radius 3 is 2.59 bits per heavy atom. The molecule has 0 radical (unpaired) electrons. The van der Waals surface area contributed by atoms with Gasteiger partial charge in [-0.1, -0.05) is 24.3 Å². The molecule has 0 saturated carbocycles. The van der Waals surface area contributed by atoms with E-state index in [2.05, 4.69) is 70.3 Å². The molecule has 0 unspecified atom stereocenters. The van der Waals surface area contributed by atoms with Gasteiger partial charge in [0.05, 0.1) is 0 Å². The van der Waals surface area contributed by atoms with Crippen molar-refractivity contribution in [3.05, 3.63) is 54.6 Å². The van der Waals surface area contributed by atoms with Gasteiger partial charge in [-0.05, 0) is 38.3 Å². The number of para-hydroxylation sites is 1. The molecule has 0 amide bonds. The number of nitrogens with one attached hydrogen (secondary N) is 1. The van der Waals surface area contributed by atoms with Crippen LogP contribution in [0, 0.1) is 6.92 Å². The van der Waals surface area contributed by atoms with E-state index in [1.165, 1.54) is 5.69 Å². The molecule has 2 rings (SSSR count). The van der Waals surface area contributed by atoms with Crippen LogP contribution in [0.3, 0.4) is 0 Å². The summed E-state index contributed by atoms with van der Waals surface area (Å²) in [5, 5.41) is 11.8. The molecule has 7 nitrogen and oxygen atoms in total. The molecule has 0 aliphatic rings. The fourth-order valence-electron chi connectivity index (χ4n) is 2.95. The number of aromatic nitrogens is 3. The predicted molar refractivity (Wildman–Crippen MR) is 121 cm³/mol. The first-order valence-corrected chi connectivity index (χ1v) is 10.2. The highest BCUT2D eigenvalue weighted by atomic mass is 15.3. The first-order valence-electron chi connectivity index (χ1n) is 10.2. The summed E-state index contributed by atoms with van der Waals surface area (Å²) in [6.07, 6.45) is 5.04. The van der Waals surface area contributed by atoms with Crippen LogP contribution in [0.1, 0.15) is 30.9 Å². The minimum atomic E-state index is 0.509. The molecule has 2 aromatic rings. The van der Waals surface area contributed by atoms with Gasteiger partial charge in [0.15, 0.2) is 11.8 Å². The van der Waals surface area contributed by atoms with Gasteiger partial charge in [0, 0.05) is 46.5 Å². The SMILES string of the molecule is C=CCCCN(C)C(=NCc1nnc(C)n1C)NCCCN(C)c1ccccc1. The van der Waals surface area contributed by atoms with Crippen LogP contribution in [0.4, 0.5) is 5.69 Å². The van der Waals surface area contributed by atoms with Gasteiger partial charge in [-0.2, -0.15) is 0 Å². The van der Waals surface area contributed by atoms with Gasteiger partial charge >= 0.3 is 0 Å². The fourth-order valence-corrected chi connectivity index (χ4v) is 2.95. The van der Waals surface area contributed by atoms with Crippen LogP contribution in [0.5, 0.6) is 0 Å². The van der Waals surface area contributed by atoms with E-state index in [4.69, 9.17) is 4.99 Å². The highest BCUT2D eigenvalue weighted by Crippen LogP contribution is 2.10. The standard InChI is InChI=1S/C22H35N7/c1-6-7-11-16-28(4)22(24-18-21-26-25-19(2)29(21)5)23-15-12-17-27(3)20-13-9-8-10-14-20/h6,8-10,13-14H,1,7,11-12,15-18H2,2-5H3,(H,23,24). The van der Waals surface area contributed by atoms with Crippen molar-refractivity contribution in [3.8, 4) is 0 Å². The van der Waals surface area contributed by atoms with E-state index in [0.717, 1.165) is 56.5 Å². The number of hydrogen-bond acceptors (Lipinski definition) is 4. The minimum absolute atomic E-state index is 0.509. The summed E-state index contributed by atoms with van der Waals surface area (Å²) in [5.41, 5.74) is 1.24. The smallest absolute Gasteiger partial charge is 0.194 e. The average Bonchev–Trinajstić information content (AvgIpc) is 3.05. The van der Waals surface area contributed by atoms with Crippen molar-refractivity contribution in [3.63, 3.8) is 0 Å². The van der Waals surface area contributed by atoms with Gasteiger partial charge < -0.3 is 19.7 Å². The van der Waals surface area contributed by atoms with Gasteiger partial charge in [-0.15, -0.1) is 16.8 Å². The lowest BCUT2D eigenvalue weighted by atomic mass is 10.3. The van der Waals surface area contributed by atoms with Crippen LogP contribution in [0.15, 0.2) is 48.0 Å². The summed E-state index contributed by atoms with van der Waals surface area (Å²) in [7, 11) is 6.18. The molecule has 158 valence electrons. The molecule has 0 spiro atoms. The van der Waals surface area contributed by atoms with Crippen LogP contribution < -0.4 is 10.2 Å². The summed E-state index contributed by atoms with van der Waals surface area (Å²) in [4.78, 5) is 9.24. The highest BCUT2D eigenvalue weighted by Gasteiger charge is 2.09. The number of aliphatic imine (C=N–C) groups is 1. The third-order valence-corrected chi connectivity index (χ3v) is 4.97. The largest absolute Gasteiger partial charge is 0.375 e. The lowest BCUT2D eigenvalue weighted by Crippen LogP contribution is -2.40. The minimum Gasteiger partial charge on any atom is -0.375 e. The molecule has 0 saturated heterocycles. The number of benzene rings is 1. The summed E-state index contributed by atoms with van der Waals surface area (Å²) >= 11 is 0. The normalized spacial score (nSPS) is 11.4. The number of nitrogens with zero attached hydrogens (tertiary/aromatic N) is 6. The van der Waals surface area contributed by atoms with Crippen LogP contribution in [0.25, 0.3) is 0 Å². The molecule has 0 aliphatic heterocycles. The molecule has 1 aromatic heterocycles. The Labute approximate surface area is 175 Å². The van der Waals surface area contributed by atoms with Crippen molar-refractivity contribution in [2.45, 2.75) is 32.7 Å². The predicted octanol–water partition coefficient (Wildman–Crippen LogP) is 2.99. The zero-order valence-corrected chi connectivity index (χ0v) is 18.3. The Bertz CT molecular complexity index is 767. The quantitative estimate of drug-likeness (QED) is 0.273. The first-order chi connectivity index (χ1) is 14.0. The van der Waals surface area contributed by atoms with E-state index in [0.29, 0.717) is 6.54 Å². The van der Waals surface area contributed by atoms with Gasteiger partial charge in [-0.3, -0.25) is 0 Å². The molecule has 0 fully saturated rings. The number of hydrogen-bond donors (Lipinski definition) is 1. The molecule has 0 atom stereocenters. The second kappa shape index (κ2) is 11.9. The summed E-state index contributed by atoms with van der Waals surface area (Å²) in [5.74, 6) is 2.66. The Kier molecular flexibility index (Phi) is 9.21. The van der Waals surface area contributed by atoms with E-state index in [1.807, 2.05) is 30.7 Å². The molecular formula is C22H35N7. The van der Waals surface area contributed by atoms with Crippen molar-refractivity contribution < 1.29 is 0 Å². The lowest BCUT2D eigenvalue weighted by molar-refractivity contribution is 0.466. The number of unbranched alkanes of at least 4 members (excludes halogenated alkanes) is 1. The fraction of sp³-hybridized carbons (Fsp3) is 0.500. The molecule has 1 heterocycles. The Morgan fingerprint density at radius 2 is 1.93 bits per heavy atom. The highest BCUT2D eigenvalue weighted by molar-refractivity contribution is 5.79. The van der Waals surface area contributed by atoms with Crippen LogP contribution in [0.2, 0.25) is 0 Å². The molecule has 0 bridgehead atoms. The Balaban J connectivity index is 1.90. The monoisotopic (exact) mass is 397 g/mol. The van der Waals surface area contributed by atoms with E-state index < -0.39 is 0 Å². The van der Waals surface area contributed by atoms with Crippen LogP contribution in [-0.2, 0) is 13.6 Å². The molecular weight excluding hydrogens is 362 g/mol. The number of anilines is 1. The van der Waals surface area contributed by atoms with Crippen molar-refractivity contribution in [1.82, 2.24) is 25.0 Å². The molecule has 7 heteroatoms. The second-order valence-electron chi connectivity index (χ2n) is 7.25. The topological polar surface area (TPSA) is 61.6 Å². The summed E-state index contributed by atoms with van der Waals surface area (Å²) < 4.78 is 1.98. The van der Waals surface area contributed by atoms with Crippen molar-refractivity contribution in [2.24, 2.45) is 12.0 Å². The number of guanidine groups is 1. The van der Waals surface area contributed by atoms with E-state index >= 15 is 0 Å². The molecule has 1 aromatic carbocycles. The summed E-state index contributed by atoms with van der Waals surface area (Å²) in [6, 6.07) is 10.5. The van der Waals surface area contributed by atoms with Crippen molar-refractivity contribution in [2.75, 3.05) is 38.6 Å². The average molecular weight is 398 g/mol. The number of rotatable bonds is 11. The number of allylic oxidation sites excluding steroid dienone is 1. The third kappa shape index (κ3) is 7.25. The van der Waals surface area contributed by atoms with Gasteiger partial charge in [-0.25, -0.2) is 4.99 Å². The maximum Gasteiger partial charge on any atom is 0.194 e. The van der Waals surface area contributed by atoms with E-state index in [1.54, 1.807) is 0 Å². The van der Waals surface area contributed by atoms with Crippen molar-refractivity contribution in [1.29, 1.82) is 0 Å². The van der Waals surface area contributed by atoms with Crippen LogP contribution >= 0.6 is 0 Å². The zero-order chi connectivity index (χ0) is 21.1. The second-order valence-corrected chi connectivity index (χ2v) is 7.25. The molecule has 0 aliphatic carbocycles. The van der Waals surface area contributed by atoms with E-state index in [9.17, 15) is 0 Å². The zero-order valence-electron chi connectivity index (χ0n) is 18.3. The van der Waals surface area contributed by atoms with Gasteiger partial charge in [0.2, 0.25) is 0 Å². The van der Waals surface area contributed by atoms with Gasteiger partial charge in [0.1, 0.15) is 12.4 Å². The van der Waals surface area contributed by atoms with Gasteiger partial charge in [0.25, 0.3) is 0 Å². The lowest BCUT2D eigenvalue weighted by Gasteiger charge is -2.23. The van der Waals surface area contributed by atoms with Crippen LogP contribution in [-0.4, -0.2) is 59.4 Å². The van der Waals surface area contributed by atoms with E-state index in [-0.39, 0.29) is 0 Å². The summed E-state index contributed by atoms with van der Waals surface area (Å²) in [6.45, 7) is 9.03. The molecule has 29 heavy (non-hydrogen) atoms. The van der Waals surface area contributed by atoms with Crippen molar-refractivity contribution >= 4 is 11.6 Å². The Hall–Kier alpha value is -2.83.